The van der Waals surface area contributed by atoms with E-state index in [1.54, 1.807) is 19.1 Å². The molecule has 2 aromatic rings. The number of furan rings is 1. The molecule has 0 amide bonds. The van der Waals surface area contributed by atoms with Crippen LogP contribution in [-0.2, 0) is 6.54 Å². The Morgan fingerprint density at radius 1 is 1.12 bits per heavy atom. The average molecular weight is 241 g/mol. The van der Waals surface area contributed by atoms with Crippen molar-refractivity contribution in [1.29, 1.82) is 0 Å². The summed E-state index contributed by atoms with van der Waals surface area (Å²) in [5, 5.41) is 2.74. The van der Waals surface area contributed by atoms with Gasteiger partial charge in [0.25, 0.3) is 0 Å². The van der Waals surface area contributed by atoms with Gasteiger partial charge in [0.2, 0.25) is 0 Å². The maximum Gasteiger partial charge on any atom is 0.194 e. The van der Waals surface area contributed by atoms with Crippen LogP contribution in [0.2, 0.25) is 0 Å². The predicted molar refractivity (Wildman–Crippen MR) is 57.1 cm³/mol. The molecule has 1 N–H and O–H groups in total. The van der Waals surface area contributed by atoms with Crippen molar-refractivity contribution >= 4 is 5.69 Å². The van der Waals surface area contributed by atoms with Crippen molar-refractivity contribution in [2.75, 3.05) is 5.32 Å². The molecule has 1 aromatic carbocycles. The Hall–Kier alpha value is -1.91. The maximum absolute atomic E-state index is 12.9. The molecule has 0 atom stereocenters. The Morgan fingerprint density at radius 2 is 1.76 bits per heavy atom. The first-order chi connectivity index (χ1) is 8.06. The number of rotatable bonds is 3. The van der Waals surface area contributed by atoms with E-state index in [1.165, 1.54) is 0 Å². The normalized spacial score (nSPS) is 10.6. The van der Waals surface area contributed by atoms with Crippen LogP contribution >= 0.6 is 0 Å². The topological polar surface area (TPSA) is 25.2 Å². The van der Waals surface area contributed by atoms with E-state index in [2.05, 4.69) is 5.32 Å². The lowest BCUT2D eigenvalue weighted by Gasteiger charge is -2.05. The van der Waals surface area contributed by atoms with E-state index < -0.39 is 17.5 Å². The molecule has 17 heavy (non-hydrogen) atoms. The molecule has 90 valence electrons. The molecule has 0 radical (unpaired) electrons. The highest BCUT2D eigenvalue weighted by Crippen LogP contribution is 2.18. The van der Waals surface area contributed by atoms with Gasteiger partial charge in [0, 0.05) is 17.8 Å². The third-order valence-corrected chi connectivity index (χ3v) is 2.25. The molecule has 0 fully saturated rings. The lowest BCUT2D eigenvalue weighted by atomic mass is 10.3. The van der Waals surface area contributed by atoms with Gasteiger partial charge in [0.15, 0.2) is 17.5 Å². The molecule has 5 heteroatoms. The number of hydrogen-bond acceptors (Lipinski definition) is 2. The molecule has 0 bridgehead atoms. The molecule has 0 aliphatic heterocycles. The molecule has 0 spiro atoms. The monoisotopic (exact) mass is 241 g/mol. The minimum Gasteiger partial charge on any atom is -0.465 e. The molecule has 1 aromatic heterocycles. The van der Waals surface area contributed by atoms with Gasteiger partial charge in [-0.1, -0.05) is 0 Å². The van der Waals surface area contributed by atoms with Gasteiger partial charge in [-0.15, -0.1) is 0 Å². The van der Waals surface area contributed by atoms with Crippen molar-refractivity contribution in [3.8, 4) is 0 Å². The fraction of sp³-hybridized carbons (Fsp3) is 0.167. The number of hydrogen-bond donors (Lipinski definition) is 1. The van der Waals surface area contributed by atoms with E-state index in [9.17, 15) is 13.2 Å². The van der Waals surface area contributed by atoms with Crippen LogP contribution in [0.4, 0.5) is 18.9 Å². The molecule has 2 nitrogen and oxygen atoms in total. The minimum absolute atomic E-state index is 0.162. The van der Waals surface area contributed by atoms with Crippen molar-refractivity contribution < 1.29 is 17.6 Å². The van der Waals surface area contributed by atoms with E-state index in [4.69, 9.17) is 4.42 Å². The Morgan fingerprint density at radius 3 is 2.29 bits per heavy atom. The van der Waals surface area contributed by atoms with Crippen molar-refractivity contribution in [2.24, 2.45) is 0 Å². The molecule has 0 saturated carbocycles. The largest absolute Gasteiger partial charge is 0.465 e. The SMILES string of the molecule is Cc1ccc(CNc2cc(F)c(F)c(F)c2)o1. The Balaban J connectivity index is 2.09. The molecule has 0 unspecified atom stereocenters. The van der Waals surface area contributed by atoms with E-state index in [0.29, 0.717) is 5.76 Å². The van der Waals surface area contributed by atoms with Crippen LogP contribution < -0.4 is 5.32 Å². The molecule has 0 aliphatic carbocycles. The Kier molecular flexibility index (Phi) is 3.08. The third kappa shape index (κ3) is 2.61. The van der Waals surface area contributed by atoms with E-state index in [1.807, 2.05) is 0 Å². The number of benzene rings is 1. The van der Waals surface area contributed by atoms with Crippen molar-refractivity contribution in [1.82, 2.24) is 0 Å². The minimum atomic E-state index is -1.47. The van der Waals surface area contributed by atoms with Crippen molar-refractivity contribution in [2.45, 2.75) is 13.5 Å². The van der Waals surface area contributed by atoms with Gasteiger partial charge >= 0.3 is 0 Å². The second kappa shape index (κ2) is 4.53. The predicted octanol–water partition coefficient (Wildman–Crippen LogP) is 3.62. The first kappa shape index (κ1) is 11.6. The van der Waals surface area contributed by atoms with Crippen LogP contribution in [-0.4, -0.2) is 0 Å². The van der Waals surface area contributed by atoms with Crippen LogP contribution in [0.5, 0.6) is 0 Å². The second-order valence-corrected chi connectivity index (χ2v) is 3.62. The van der Waals surface area contributed by atoms with Gasteiger partial charge in [0.05, 0.1) is 6.54 Å². The average Bonchev–Trinajstić information content (AvgIpc) is 2.69. The van der Waals surface area contributed by atoms with Gasteiger partial charge < -0.3 is 9.73 Å². The van der Waals surface area contributed by atoms with Gasteiger partial charge in [-0.3, -0.25) is 0 Å². The summed E-state index contributed by atoms with van der Waals surface area (Å²) >= 11 is 0. The van der Waals surface area contributed by atoms with Gasteiger partial charge in [-0.05, 0) is 19.1 Å². The zero-order chi connectivity index (χ0) is 12.4. The number of anilines is 1. The standard InChI is InChI=1S/C12H10F3NO/c1-7-2-3-9(17-7)6-16-8-4-10(13)12(15)11(14)5-8/h2-5,16H,6H2,1H3. The fourth-order valence-electron chi connectivity index (χ4n) is 1.43. The molecule has 0 aliphatic rings. The highest BCUT2D eigenvalue weighted by Gasteiger charge is 2.10. The van der Waals surface area contributed by atoms with E-state index in [0.717, 1.165) is 17.9 Å². The molecule has 0 saturated heterocycles. The number of aryl methyl sites for hydroxylation is 1. The van der Waals surface area contributed by atoms with Crippen LogP contribution in [0.25, 0.3) is 0 Å². The summed E-state index contributed by atoms with van der Waals surface area (Å²) in [5.41, 5.74) is 0.162. The smallest absolute Gasteiger partial charge is 0.194 e. The highest BCUT2D eigenvalue weighted by molar-refractivity contribution is 5.44. The molecule has 2 rings (SSSR count). The summed E-state index contributed by atoms with van der Waals surface area (Å²) in [7, 11) is 0. The van der Waals surface area contributed by atoms with Gasteiger partial charge in [-0.2, -0.15) is 0 Å². The Bertz CT molecular complexity index is 513. The third-order valence-electron chi connectivity index (χ3n) is 2.25. The van der Waals surface area contributed by atoms with Crippen molar-refractivity contribution in [3.63, 3.8) is 0 Å². The summed E-state index contributed by atoms with van der Waals surface area (Å²) in [6.45, 7) is 2.07. The lowest BCUT2D eigenvalue weighted by Crippen LogP contribution is -2.01. The number of nitrogens with one attached hydrogen (secondary N) is 1. The summed E-state index contributed by atoms with van der Waals surface area (Å²) < 4.78 is 43.7. The zero-order valence-corrected chi connectivity index (χ0v) is 9.06. The number of halogens is 3. The Labute approximate surface area is 96.1 Å². The van der Waals surface area contributed by atoms with Gasteiger partial charge in [0.1, 0.15) is 11.5 Å². The maximum atomic E-state index is 12.9. The van der Waals surface area contributed by atoms with Crippen LogP contribution in [0, 0.1) is 24.4 Å². The second-order valence-electron chi connectivity index (χ2n) is 3.62. The summed E-state index contributed by atoms with van der Waals surface area (Å²) in [4.78, 5) is 0. The fourth-order valence-corrected chi connectivity index (χ4v) is 1.43. The summed E-state index contributed by atoms with van der Waals surface area (Å²) in [5.74, 6) is -2.53. The molecule has 1 heterocycles. The van der Waals surface area contributed by atoms with E-state index in [-0.39, 0.29) is 12.2 Å². The lowest BCUT2D eigenvalue weighted by molar-refractivity contribution is 0.447. The van der Waals surface area contributed by atoms with Crippen molar-refractivity contribution in [3.05, 3.63) is 53.2 Å². The summed E-state index contributed by atoms with van der Waals surface area (Å²) in [6, 6.07) is 5.32. The van der Waals surface area contributed by atoms with Gasteiger partial charge in [-0.25, -0.2) is 13.2 Å². The van der Waals surface area contributed by atoms with Crippen LogP contribution in [0.1, 0.15) is 11.5 Å². The summed E-state index contributed by atoms with van der Waals surface area (Å²) in [6.07, 6.45) is 0. The zero-order valence-electron chi connectivity index (χ0n) is 9.06. The first-order valence-electron chi connectivity index (χ1n) is 5.00. The van der Waals surface area contributed by atoms with Crippen LogP contribution in [0.15, 0.2) is 28.7 Å². The quantitative estimate of drug-likeness (QED) is 0.830. The molecular formula is C12H10F3NO. The highest BCUT2D eigenvalue weighted by atomic mass is 19.2. The molecular weight excluding hydrogens is 231 g/mol. The van der Waals surface area contributed by atoms with E-state index >= 15 is 0 Å². The first-order valence-corrected chi connectivity index (χ1v) is 5.00. The van der Waals surface area contributed by atoms with Crippen LogP contribution in [0.3, 0.4) is 0 Å².